The van der Waals surface area contributed by atoms with Gasteiger partial charge in [-0.2, -0.15) is 0 Å². The van der Waals surface area contributed by atoms with Crippen molar-refractivity contribution in [3.8, 4) is 0 Å². The summed E-state index contributed by atoms with van der Waals surface area (Å²) in [7, 11) is 0. The lowest BCUT2D eigenvalue weighted by Crippen LogP contribution is -1.91. The fraction of sp³-hybridized carbons (Fsp3) is 0.100. The molecule has 0 saturated carbocycles. The van der Waals surface area contributed by atoms with Crippen LogP contribution in [0.3, 0.4) is 0 Å². The maximum atomic E-state index is 4.75. The first kappa shape index (κ1) is 14.5. The molecule has 0 aliphatic carbocycles. The molecule has 4 aromatic heterocycles. The van der Waals surface area contributed by atoms with E-state index in [9.17, 15) is 0 Å². The molecule has 6 rings (SSSR count). The zero-order valence-electron chi connectivity index (χ0n) is 14.1. The van der Waals surface area contributed by atoms with E-state index in [0.29, 0.717) is 0 Å². The van der Waals surface area contributed by atoms with Crippen LogP contribution in [0.5, 0.6) is 0 Å². The smallest absolute Gasteiger partial charge is 0.0987 e. The molecule has 0 radical (unpaired) electrons. The summed E-state index contributed by atoms with van der Waals surface area (Å²) in [5, 5.41) is 9.08. The first-order chi connectivity index (χ1) is 12.8. The molecule has 0 N–H and O–H groups in total. The lowest BCUT2D eigenvalue weighted by molar-refractivity contribution is 1.30. The molecule has 4 heterocycles. The Balaban J connectivity index is 2.14. The number of rotatable bonds is 0. The van der Waals surface area contributed by atoms with E-state index in [2.05, 4.69) is 24.6 Å². The molecule has 0 unspecified atom stereocenters. The van der Waals surface area contributed by atoms with E-state index in [0.717, 1.165) is 32.8 Å². The highest BCUT2D eigenvalue weighted by Crippen LogP contribution is 2.46. The maximum Gasteiger partial charge on any atom is 0.0987 e. The van der Waals surface area contributed by atoms with Crippen LogP contribution in [0.1, 0.15) is 11.1 Å². The third-order valence-electron chi connectivity index (χ3n) is 5.00. The highest BCUT2D eigenvalue weighted by Gasteiger charge is 2.21. The molecule has 0 aliphatic heterocycles. The van der Waals surface area contributed by atoms with Gasteiger partial charge in [-0.15, -0.1) is 22.7 Å². The number of fused-ring (bicyclic) bond motifs is 11. The van der Waals surface area contributed by atoms with Gasteiger partial charge in [0.2, 0.25) is 0 Å². The summed E-state index contributed by atoms with van der Waals surface area (Å²) in [5.74, 6) is 0. The molecular formula is C20H12N4S2. The van der Waals surface area contributed by atoms with Crippen LogP contribution in [0.15, 0.2) is 35.5 Å². The Morgan fingerprint density at radius 2 is 0.885 bits per heavy atom. The van der Waals surface area contributed by atoms with Crippen molar-refractivity contribution >= 4 is 75.7 Å². The van der Waals surface area contributed by atoms with Crippen LogP contribution in [-0.2, 0) is 0 Å². The van der Waals surface area contributed by atoms with Gasteiger partial charge in [0, 0.05) is 55.7 Å². The predicted molar refractivity (Wildman–Crippen MR) is 110 cm³/mol. The molecule has 0 amide bonds. The van der Waals surface area contributed by atoms with E-state index in [1.165, 1.54) is 31.3 Å². The van der Waals surface area contributed by atoms with Crippen molar-refractivity contribution < 1.29 is 0 Å². The number of hydrogen-bond donors (Lipinski definition) is 0. The number of hydrogen-bond acceptors (Lipinski definition) is 6. The summed E-state index contributed by atoms with van der Waals surface area (Å²) in [6.07, 6.45) is 7.12. The van der Waals surface area contributed by atoms with Crippen molar-refractivity contribution in [3.05, 3.63) is 46.7 Å². The standard InChI is InChI=1S/C20H12N4S2/c1-9-7-25-19-11(9)15-17(23-5-3-21-15)14-13(19)18-16(22-4-6-24-18)12-10(2)8-26-20(12)14/h3-8H,1-2H3. The molecule has 4 nitrogen and oxygen atoms in total. The summed E-state index contributed by atoms with van der Waals surface area (Å²) in [5.41, 5.74) is 6.33. The lowest BCUT2D eigenvalue weighted by atomic mass is 9.99. The summed E-state index contributed by atoms with van der Waals surface area (Å²) < 4.78 is 2.45. The first-order valence-electron chi connectivity index (χ1n) is 8.30. The second kappa shape index (κ2) is 4.93. The summed E-state index contributed by atoms with van der Waals surface area (Å²) >= 11 is 3.52. The molecule has 6 heteroatoms. The molecule has 26 heavy (non-hydrogen) atoms. The van der Waals surface area contributed by atoms with Crippen molar-refractivity contribution in [2.75, 3.05) is 0 Å². The lowest BCUT2D eigenvalue weighted by Gasteiger charge is -2.10. The zero-order chi connectivity index (χ0) is 17.4. The molecule has 124 valence electrons. The van der Waals surface area contributed by atoms with Gasteiger partial charge >= 0.3 is 0 Å². The highest BCUT2D eigenvalue weighted by atomic mass is 32.1. The molecular weight excluding hydrogens is 360 g/mol. The van der Waals surface area contributed by atoms with Gasteiger partial charge in [0.05, 0.1) is 22.1 Å². The Kier molecular flexibility index (Phi) is 2.74. The normalized spacial score (nSPS) is 12.2. The first-order valence-corrected chi connectivity index (χ1v) is 10.1. The van der Waals surface area contributed by atoms with E-state index in [-0.39, 0.29) is 0 Å². The average molecular weight is 372 g/mol. The van der Waals surface area contributed by atoms with E-state index in [4.69, 9.17) is 19.9 Å². The van der Waals surface area contributed by atoms with Crippen LogP contribution in [0.2, 0.25) is 0 Å². The van der Waals surface area contributed by atoms with E-state index in [1.54, 1.807) is 47.5 Å². The maximum absolute atomic E-state index is 4.75. The van der Waals surface area contributed by atoms with Gasteiger partial charge in [0.1, 0.15) is 0 Å². The minimum absolute atomic E-state index is 0.955. The van der Waals surface area contributed by atoms with Crippen LogP contribution >= 0.6 is 22.7 Å². The average Bonchev–Trinajstić information content (AvgIpc) is 3.25. The molecule has 0 spiro atoms. The van der Waals surface area contributed by atoms with Crippen LogP contribution in [0.4, 0.5) is 0 Å². The molecule has 2 aromatic carbocycles. The van der Waals surface area contributed by atoms with Crippen LogP contribution in [0.25, 0.3) is 53.0 Å². The van der Waals surface area contributed by atoms with Gasteiger partial charge in [0.15, 0.2) is 0 Å². The van der Waals surface area contributed by atoms with Crippen molar-refractivity contribution in [2.45, 2.75) is 13.8 Å². The van der Waals surface area contributed by atoms with Crippen molar-refractivity contribution in [2.24, 2.45) is 0 Å². The SMILES string of the molecule is Cc1csc2c1c1nccnc1c1c3scc(C)c3c3nccnc3c21. The number of nitrogens with zero attached hydrogens (tertiary/aromatic N) is 4. The summed E-state index contributed by atoms with van der Waals surface area (Å²) in [4.78, 5) is 18.9. The third kappa shape index (κ3) is 1.63. The van der Waals surface area contributed by atoms with E-state index in [1.807, 2.05) is 0 Å². The van der Waals surface area contributed by atoms with Gasteiger partial charge in [0.25, 0.3) is 0 Å². The fourth-order valence-electron chi connectivity index (χ4n) is 3.93. The number of aryl methyl sites for hydroxylation is 2. The minimum atomic E-state index is 0.955. The second-order valence-corrected chi connectivity index (χ2v) is 8.26. The fourth-order valence-corrected chi connectivity index (χ4v) is 6.14. The van der Waals surface area contributed by atoms with Gasteiger partial charge in [-0.3, -0.25) is 19.9 Å². The zero-order valence-corrected chi connectivity index (χ0v) is 15.7. The quantitative estimate of drug-likeness (QED) is 0.318. The molecule has 0 bridgehead atoms. The minimum Gasteiger partial charge on any atom is -0.252 e. The Morgan fingerprint density at radius 1 is 0.538 bits per heavy atom. The van der Waals surface area contributed by atoms with Crippen LogP contribution in [0, 0.1) is 13.8 Å². The summed E-state index contributed by atoms with van der Waals surface area (Å²) in [6, 6.07) is 0. The molecule has 0 fully saturated rings. The summed E-state index contributed by atoms with van der Waals surface area (Å²) in [6.45, 7) is 4.28. The molecule has 0 aliphatic rings. The van der Waals surface area contributed by atoms with Crippen molar-refractivity contribution in [1.82, 2.24) is 19.9 Å². The molecule has 0 atom stereocenters. The van der Waals surface area contributed by atoms with Crippen LogP contribution in [-0.4, -0.2) is 19.9 Å². The largest absolute Gasteiger partial charge is 0.252 e. The second-order valence-electron chi connectivity index (χ2n) is 6.50. The third-order valence-corrected chi connectivity index (χ3v) is 7.23. The number of benzene rings is 2. The van der Waals surface area contributed by atoms with Gasteiger partial charge < -0.3 is 0 Å². The molecule has 0 saturated heterocycles. The van der Waals surface area contributed by atoms with Gasteiger partial charge in [-0.25, -0.2) is 0 Å². The van der Waals surface area contributed by atoms with Gasteiger partial charge in [-0.05, 0) is 35.7 Å². The molecule has 6 aromatic rings. The Labute approximate surface area is 156 Å². The Morgan fingerprint density at radius 3 is 1.27 bits per heavy atom. The Bertz CT molecular complexity index is 1400. The van der Waals surface area contributed by atoms with Gasteiger partial charge in [-0.1, -0.05) is 0 Å². The van der Waals surface area contributed by atoms with Crippen molar-refractivity contribution in [1.29, 1.82) is 0 Å². The van der Waals surface area contributed by atoms with E-state index >= 15 is 0 Å². The monoisotopic (exact) mass is 372 g/mol. The Hall–Kier alpha value is -2.70. The van der Waals surface area contributed by atoms with Crippen LogP contribution < -0.4 is 0 Å². The number of thiophene rings is 2. The number of aromatic nitrogens is 4. The topological polar surface area (TPSA) is 51.6 Å². The predicted octanol–water partition coefficient (Wildman–Crippen LogP) is 5.77. The van der Waals surface area contributed by atoms with E-state index < -0.39 is 0 Å². The van der Waals surface area contributed by atoms with Crippen molar-refractivity contribution in [3.63, 3.8) is 0 Å². The highest BCUT2D eigenvalue weighted by molar-refractivity contribution is 7.20.